The largest absolute Gasteiger partial charge is 0.221 e. The lowest BCUT2D eigenvalue weighted by molar-refractivity contribution is 0.402. The maximum Gasteiger partial charge on any atom is 0.155 e. The molecule has 0 unspecified atom stereocenters. The van der Waals surface area contributed by atoms with Crippen molar-refractivity contribution >= 4 is 5.65 Å². The Morgan fingerprint density at radius 1 is 1.31 bits per heavy atom. The number of hydrogen-bond acceptors (Lipinski definition) is 2. The SMILES string of the molecule is c1ccn2nc(C3CCC3)nc2c1. The predicted octanol–water partition coefficient (Wildman–Crippen LogP) is 2.00. The molecule has 2 aromatic rings. The van der Waals surface area contributed by atoms with Crippen LogP contribution in [0.4, 0.5) is 0 Å². The van der Waals surface area contributed by atoms with Gasteiger partial charge in [0.1, 0.15) is 0 Å². The summed E-state index contributed by atoms with van der Waals surface area (Å²) in [5, 5.41) is 4.44. The monoisotopic (exact) mass is 173 g/mol. The molecule has 1 saturated carbocycles. The van der Waals surface area contributed by atoms with Crippen molar-refractivity contribution in [3.63, 3.8) is 0 Å². The van der Waals surface area contributed by atoms with Crippen molar-refractivity contribution in [1.29, 1.82) is 0 Å². The molecule has 0 aliphatic heterocycles. The number of hydrogen-bond donors (Lipinski definition) is 0. The van der Waals surface area contributed by atoms with Crippen LogP contribution >= 0.6 is 0 Å². The fourth-order valence-corrected chi connectivity index (χ4v) is 1.69. The molecule has 0 bridgehead atoms. The van der Waals surface area contributed by atoms with E-state index in [0.29, 0.717) is 5.92 Å². The van der Waals surface area contributed by atoms with E-state index in [1.807, 2.05) is 28.9 Å². The summed E-state index contributed by atoms with van der Waals surface area (Å²) in [5.41, 5.74) is 0.962. The normalized spacial score (nSPS) is 17.5. The standard InChI is InChI=1S/C10H11N3/c1-2-7-13-9(6-1)11-10(12-13)8-4-3-5-8/h1-2,6-8H,3-5H2. The molecule has 1 aliphatic carbocycles. The second-order valence-corrected chi connectivity index (χ2v) is 3.60. The van der Waals surface area contributed by atoms with Crippen LogP contribution in [0.1, 0.15) is 31.0 Å². The third-order valence-corrected chi connectivity index (χ3v) is 2.73. The van der Waals surface area contributed by atoms with Crippen LogP contribution in [0.5, 0.6) is 0 Å². The van der Waals surface area contributed by atoms with Gasteiger partial charge in [0.25, 0.3) is 0 Å². The topological polar surface area (TPSA) is 30.2 Å². The first kappa shape index (κ1) is 7.06. The van der Waals surface area contributed by atoms with Crippen molar-refractivity contribution in [1.82, 2.24) is 14.6 Å². The van der Waals surface area contributed by atoms with Crippen molar-refractivity contribution in [2.75, 3.05) is 0 Å². The Kier molecular flexibility index (Phi) is 1.39. The third kappa shape index (κ3) is 1.03. The Bertz CT molecular complexity index is 395. The van der Waals surface area contributed by atoms with Gasteiger partial charge in [-0.15, -0.1) is 0 Å². The first-order chi connectivity index (χ1) is 6.43. The van der Waals surface area contributed by atoms with E-state index in [1.165, 1.54) is 19.3 Å². The van der Waals surface area contributed by atoms with Gasteiger partial charge in [-0.2, -0.15) is 5.10 Å². The molecule has 0 saturated heterocycles. The number of aromatic nitrogens is 3. The Morgan fingerprint density at radius 2 is 2.23 bits per heavy atom. The molecule has 1 aliphatic rings. The molecule has 0 aromatic carbocycles. The molecule has 3 heteroatoms. The van der Waals surface area contributed by atoms with Gasteiger partial charge in [0, 0.05) is 12.1 Å². The van der Waals surface area contributed by atoms with Gasteiger partial charge in [0.2, 0.25) is 0 Å². The van der Waals surface area contributed by atoms with Crippen LogP contribution in [0.15, 0.2) is 24.4 Å². The summed E-state index contributed by atoms with van der Waals surface area (Å²) in [6.45, 7) is 0. The van der Waals surface area contributed by atoms with Gasteiger partial charge in [-0.25, -0.2) is 9.50 Å². The second-order valence-electron chi connectivity index (χ2n) is 3.60. The number of pyridine rings is 1. The Hall–Kier alpha value is -1.38. The molecule has 3 nitrogen and oxygen atoms in total. The van der Waals surface area contributed by atoms with E-state index < -0.39 is 0 Å². The fourth-order valence-electron chi connectivity index (χ4n) is 1.69. The maximum atomic E-state index is 4.49. The minimum absolute atomic E-state index is 0.625. The zero-order chi connectivity index (χ0) is 8.67. The summed E-state index contributed by atoms with van der Waals surface area (Å²) in [6, 6.07) is 5.97. The lowest BCUT2D eigenvalue weighted by Crippen LogP contribution is -2.10. The van der Waals surface area contributed by atoms with E-state index in [9.17, 15) is 0 Å². The van der Waals surface area contributed by atoms with E-state index in [1.54, 1.807) is 0 Å². The van der Waals surface area contributed by atoms with Crippen molar-refractivity contribution in [3.05, 3.63) is 30.2 Å². The zero-order valence-corrected chi connectivity index (χ0v) is 7.35. The maximum absolute atomic E-state index is 4.49. The smallest absolute Gasteiger partial charge is 0.155 e. The van der Waals surface area contributed by atoms with Gasteiger partial charge < -0.3 is 0 Å². The quantitative estimate of drug-likeness (QED) is 0.660. The van der Waals surface area contributed by atoms with Gasteiger partial charge in [-0.1, -0.05) is 12.5 Å². The molecule has 0 spiro atoms. The first-order valence-corrected chi connectivity index (χ1v) is 4.75. The van der Waals surface area contributed by atoms with Gasteiger partial charge >= 0.3 is 0 Å². The molecular weight excluding hydrogens is 162 g/mol. The molecule has 0 atom stereocenters. The second kappa shape index (κ2) is 2.55. The highest BCUT2D eigenvalue weighted by Crippen LogP contribution is 2.34. The van der Waals surface area contributed by atoms with Crippen molar-refractivity contribution in [2.24, 2.45) is 0 Å². The van der Waals surface area contributed by atoms with Crippen LogP contribution in [-0.4, -0.2) is 14.6 Å². The molecule has 1 fully saturated rings. The predicted molar refractivity (Wildman–Crippen MR) is 49.6 cm³/mol. The average molecular weight is 173 g/mol. The summed E-state index contributed by atoms with van der Waals surface area (Å²) in [5.74, 6) is 1.65. The minimum atomic E-state index is 0.625. The fraction of sp³-hybridized carbons (Fsp3) is 0.400. The number of fused-ring (bicyclic) bond motifs is 1. The minimum Gasteiger partial charge on any atom is -0.221 e. The molecule has 13 heavy (non-hydrogen) atoms. The van der Waals surface area contributed by atoms with E-state index in [2.05, 4.69) is 10.1 Å². The first-order valence-electron chi connectivity index (χ1n) is 4.75. The van der Waals surface area contributed by atoms with E-state index >= 15 is 0 Å². The van der Waals surface area contributed by atoms with Gasteiger partial charge in [0.05, 0.1) is 0 Å². The highest BCUT2D eigenvalue weighted by atomic mass is 15.3. The van der Waals surface area contributed by atoms with Crippen LogP contribution in [-0.2, 0) is 0 Å². The summed E-state index contributed by atoms with van der Waals surface area (Å²) in [6.07, 6.45) is 5.80. The highest BCUT2D eigenvalue weighted by Gasteiger charge is 2.23. The Labute approximate surface area is 76.4 Å². The van der Waals surface area contributed by atoms with E-state index in [-0.39, 0.29) is 0 Å². The van der Waals surface area contributed by atoms with Gasteiger partial charge in [0.15, 0.2) is 11.5 Å². The van der Waals surface area contributed by atoms with E-state index in [0.717, 1.165) is 11.5 Å². The van der Waals surface area contributed by atoms with E-state index in [4.69, 9.17) is 0 Å². The Balaban J connectivity index is 2.10. The Morgan fingerprint density at radius 3 is 2.92 bits per heavy atom. The summed E-state index contributed by atoms with van der Waals surface area (Å²) in [7, 11) is 0. The lowest BCUT2D eigenvalue weighted by atomic mass is 9.85. The van der Waals surface area contributed by atoms with Crippen molar-refractivity contribution < 1.29 is 0 Å². The third-order valence-electron chi connectivity index (χ3n) is 2.73. The van der Waals surface area contributed by atoms with Crippen LogP contribution in [0.25, 0.3) is 5.65 Å². The molecular formula is C10H11N3. The molecule has 66 valence electrons. The molecule has 0 radical (unpaired) electrons. The van der Waals surface area contributed by atoms with Gasteiger partial charge in [-0.3, -0.25) is 0 Å². The highest BCUT2D eigenvalue weighted by molar-refractivity contribution is 5.36. The van der Waals surface area contributed by atoms with Crippen molar-refractivity contribution in [3.8, 4) is 0 Å². The molecule has 3 rings (SSSR count). The van der Waals surface area contributed by atoms with Crippen LogP contribution in [0, 0.1) is 0 Å². The van der Waals surface area contributed by atoms with Crippen LogP contribution in [0.3, 0.4) is 0 Å². The molecule has 0 N–H and O–H groups in total. The number of nitrogens with zero attached hydrogens (tertiary/aromatic N) is 3. The summed E-state index contributed by atoms with van der Waals surface area (Å²) in [4.78, 5) is 4.49. The average Bonchev–Trinajstić information content (AvgIpc) is 2.43. The zero-order valence-electron chi connectivity index (χ0n) is 7.35. The molecule has 2 heterocycles. The summed E-state index contributed by atoms with van der Waals surface area (Å²) < 4.78 is 1.85. The molecule has 2 aromatic heterocycles. The summed E-state index contributed by atoms with van der Waals surface area (Å²) >= 11 is 0. The van der Waals surface area contributed by atoms with Crippen molar-refractivity contribution in [2.45, 2.75) is 25.2 Å². The van der Waals surface area contributed by atoms with Crippen LogP contribution < -0.4 is 0 Å². The van der Waals surface area contributed by atoms with Crippen LogP contribution in [0.2, 0.25) is 0 Å². The number of rotatable bonds is 1. The van der Waals surface area contributed by atoms with Gasteiger partial charge in [-0.05, 0) is 25.0 Å². The lowest BCUT2D eigenvalue weighted by Gasteiger charge is -2.21. The molecule has 0 amide bonds.